The van der Waals surface area contributed by atoms with Crippen molar-refractivity contribution in [3.8, 4) is 0 Å². The van der Waals surface area contributed by atoms with Crippen LogP contribution in [0.2, 0.25) is 0 Å². The Labute approximate surface area is 189 Å². The highest BCUT2D eigenvalue weighted by Crippen LogP contribution is 2.52. The second kappa shape index (κ2) is 9.05. The van der Waals surface area contributed by atoms with Gasteiger partial charge in [0.15, 0.2) is 0 Å². The first-order chi connectivity index (χ1) is 15.4. The molecule has 0 radical (unpaired) electrons. The first kappa shape index (κ1) is 22.5. The van der Waals surface area contributed by atoms with E-state index in [0.29, 0.717) is 6.42 Å². The third-order valence-electron chi connectivity index (χ3n) is 7.67. The van der Waals surface area contributed by atoms with Gasteiger partial charge in [0.2, 0.25) is 6.04 Å². The zero-order valence-electron chi connectivity index (χ0n) is 18.4. The summed E-state index contributed by atoms with van der Waals surface area (Å²) in [6.07, 6.45) is 3.88. The Bertz CT molecular complexity index is 988. The second-order valence-corrected chi connectivity index (χ2v) is 9.43. The van der Waals surface area contributed by atoms with Crippen LogP contribution in [-0.2, 0) is 11.8 Å². The number of benzene rings is 2. The summed E-state index contributed by atoms with van der Waals surface area (Å²) in [5, 5.41) is 30.4. The van der Waals surface area contributed by atoms with Crippen molar-refractivity contribution < 1.29 is 20.1 Å². The van der Waals surface area contributed by atoms with Crippen molar-refractivity contribution in [2.45, 2.75) is 75.0 Å². The minimum absolute atomic E-state index is 0.0450. The van der Waals surface area contributed by atoms with Crippen LogP contribution in [0, 0.1) is 12.5 Å². The molecule has 2 aromatic carbocycles. The predicted octanol–water partition coefficient (Wildman–Crippen LogP) is 4.57. The number of hydrogen-bond acceptors (Lipinski definition) is 3. The molecule has 0 aromatic heterocycles. The number of nitrogens with zero attached hydrogens (tertiary/aromatic N) is 1. The summed E-state index contributed by atoms with van der Waals surface area (Å²) >= 11 is 0. The first-order valence-corrected chi connectivity index (χ1v) is 11.5. The summed E-state index contributed by atoms with van der Waals surface area (Å²) in [7, 11) is 0. The number of carboxylic acid groups (broad SMARTS) is 1. The molecule has 2 aliphatic rings. The number of aromatic carboxylic acids is 1. The van der Waals surface area contributed by atoms with E-state index >= 15 is 0 Å². The fourth-order valence-electron chi connectivity index (χ4n) is 5.61. The number of rotatable bonds is 8. The SMILES string of the molecule is [C-]#[N+][C@@H]1C[C@@H](O)C(c2ccc(C3(C(O)CC)CC3)cc2)C1CCc1ccc(C(=O)O)cc1. The number of aliphatic hydroxyl groups excluding tert-OH is 2. The molecule has 32 heavy (non-hydrogen) atoms. The third kappa shape index (κ3) is 4.18. The van der Waals surface area contributed by atoms with Gasteiger partial charge >= 0.3 is 5.97 Å². The molecule has 2 aliphatic carbocycles. The van der Waals surface area contributed by atoms with Crippen LogP contribution in [0.3, 0.4) is 0 Å². The molecule has 5 nitrogen and oxygen atoms in total. The van der Waals surface area contributed by atoms with Crippen LogP contribution < -0.4 is 0 Å². The van der Waals surface area contributed by atoms with Crippen molar-refractivity contribution >= 4 is 5.97 Å². The molecule has 168 valence electrons. The maximum absolute atomic E-state index is 11.1. The van der Waals surface area contributed by atoms with Gasteiger partial charge in [-0.1, -0.05) is 43.3 Å². The number of carbonyl (C=O) groups is 1. The van der Waals surface area contributed by atoms with Crippen molar-refractivity contribution in [3.63, 3.8) is 0 Å². The Morgan fingerprint density at radius 3 is 2.34 bits per heavy atom. The van der Waals surface area contributed by atoms with E-state index in [2.05, 4.69) is 29.1 Å². The van der Waals surface area contributed by atoms with E-state index < -0.39 is 12.1 Å². The van der Waals surface area contributed by atoms with Gasteiger partial charge in [-0.3, -0.25) is 0 Å². The van der Waals surface area contributed by atoms with Crippen LogP contribution in [0.15, 0.2) is 48.5 Å². The molecule has 5 atom stereocenters. The minimum atomic E-state index is -0.938. The van der Waals surface area contributed by atoms with Gasteiger partial charge in [0.25, 0.3) is 0 Å². The maximum Gasteiger partial charge on any atom is 0.335 e. The smallest absolute Gasteiger partial charge is 0.335 e. The van der Waals surface area contributed by atoms with Crippen molar-refractivity contribution in [1.29, 1.82) is 0 Å². The molecule has 0 amide bonds. The summed E-state index contributed by atoms with van der Waals surface area (Å²) in [5.41, 5.74) is 3.42. The van der Waals surface area contributed by atoms with Crippen LogP contribution in [0.5, 0.6) is 0 Å². The molecule has 0 spiro atoms. The average Bonchev–Trinajstić information content (AvgIpc) is 3.56. The Morgan fingerprint density at radius 2 is 1.81 bits per heavy atom. The summed E-state index contributed by atoms with van der Waals surface area (Å²) in [4.78, 5) is 14.9. The van der Waals surface area contributed by atoms with Gasteiger partial charge in [-0.2, -0.15) is 0 Å². The standard InChI is InChI=1S/C27H31NO4/c1-3-24(30)27(14-15-27)20-11-9-18(10-12-20)25-21(22(28-2)16-23(25)29)13-6-17-4-7-19(8-5-17)26(31)32/h4-5,7-12,21-25,29-30H,3,6,13-16H2,1H3,(H,31,32)/t21?,22-,23-,24?,25?/m1/s1. The summed E-state index contributed by atoms with van der Waals surface area (Å²) in [6.45, 7) is 9.66. The monoisotopic (exact) mass is 433 g/mol. The van der Waals surface area contributed by atoms with Crippen LogP contribution >= 0.6 is 0 Å². The largest absolute Gasteiger partial charge is 0.478 e. The fraction of sp³-hybridized carbons (Fsp3) is 0.481. The van der Waals surface area contributed by atoms with Crippen molar-refractivity contribution in [2.75, 3.05) is 0 Å². The fourth-order valence-corrected chi connectivity index (χ4v) is 5.61. The van der Waals surface area contributed by atoms with E-state index in [9.17, 15) is 15.0 Å². The topological polar surface area (TPSA) is 82.1 Å². The first-order valence-electron chi connectivity index (χ1n) is 11.5. The highest BCUT2D eigenvalue weighted by Gasteiger charge is 2.50. The quantitative estimate of drug-likeness (QED) is 0.533. The van der Waals surface area contributed by atoms with Crippen molar-refractivity contribution in [1.82, 2.24) is 0 Å². The lowest BCUT2D eigenvalue weighted by atomic mass is 9.81. The molecule has 2 aromatic rings. The second-order valence-electron chi connectivity index (χ2n) is 9.43. The van der Waals surface area contributed by atoms with E-state index in [1.54, 1.807) is 12.1 Å². The van der Waals surface area contributed by atoms with Gasteiger partial charge in [0.05, 0.1) is 17.8 Å². The van der Waals surface area contributed by atoms with Gasteiger partial charge in [-0.05, 0) is 60.9 Å². The van der Waals surface area contributed by atoms with Crippen LogP contribution in [0.25, 0.3) is 4.85 Å². The third-order valence-corrected chi connectivity index (χ3v) is 7.67. The lowest BCUT2D eigenvalue weighted by molar-refractivity contribution is 0.0697. The Balaban J connectivity index is 1.51. The normalized spacial score (nSPS) is 26.9. The van der Waals surface area contributed by atoms with Gasteiger partial charge in [0, 0.05) is 23.7 Å². The molecular formula is C27H31NO4. The lowest BCUT2D eigenvalue weighted by Crippen LogP contribution is -2.25. The number of hydrogen-bond donors (Lipinski definition) is 3. The Hall–Kier alpha value is -2.68. The predicted molar refractivity (Wildman–Crippen MR) is 123 cm³/mol. The zero-order chi connectivity index (χ0) is 22.9. The van der Waals surface area contributed by atoms with Crippen LogP contribution in [0.1, 0.15) is 72.0 Å². The Kier molecular flexibility index (Phi) is 6.37. The minimum Gasteiger partial charge on any atom is -0.478 e. The highest BCUT2D eigenvalue weighted by atomic mass is 16.4. The summed E-state index contributed by atoms with van der Waals surface area (Å²) in [5.74, 6) is -0.984. The lowest BCUT2D eigenvalue weighted by Gasteiger charge is -2.25. The molecule has 2 fully saturated rings. The van der Waals surface area contributed by atoms with Crippen LogP contribution in [0.4, 0.5) is 0 Å². The molecule has 0 saturated heterocycles. The average molecular weight is 434 g/mol. The maximum atomic E-state index is 11.1. The van der Waals surface area contributed by atoms with E-state index in [0.717, 1.165) is 43.2 Å². The van der Waals surface area contributed by atoms with Crippen molar-refractivity contribution in [3.05, 3.63) is 82.2 Å². The number of aryl methyl sites for hydroxylation is 1. The van der Waals surface area contributed by atoms with E-state index in [4.69, 9.17) is 11.7 Å². The number of carboxylic acids is 1. The molecule has 0 heterocycles. The van der Waals surface area contributed by atoms with E-state index in [1.165, 1.54) is 5.56 Å². The highest BCUT2D eigenvalue weighted by molar-refractivity contribution is 5.87. The molecule has 3 unspecified atom stereocenters. The molecular weight excluding hydrogens is 402 g/mol. The van der Waals surface area contributed by atoms with Gasteiger partial charge in [0.1, 0.15) is 0 Å². The molecule has 5 heteroatoms. The number of aliphatic hydroxyl groups is 2. The van der Waals surface area contributed by atoms with Crippen LogP contribution in [-0.4, -0.2) is 39.5 Å². The summed E-state index contributed by atoms with van der Waals surface area (Å²) in [6, 6.07) is 15.0. The van der Waals surface area contributed by atoms with Gasteiger partial charge in [-0.15, -0.1) is 0 Å². The molecule has 0 bridgehead atoms. The van der Waals surface area contributed by atoms with Gasteiger partial charge in [-0.25, -0.2) is 11.4 Å². The zero-order valence-corrected chi connectivity index (χ0v) is 18.4. The Morgan fingerprint density at radius 1 is 1.16 bits per heavy atom. The summed E-state index contributed by atoms with van der Waals surface area (Å²) < 4.78 is 0. The van der Waals surface area contributed by atoms with E-state index in [1.807, 2.05) is 19.1 Å². The van der Waals surface area contributed by atoms with Crippen molar-refractivity contribution in [2.24, 2.45) is 5.92 Å². The molecule has 2 saturated carbocycles. The van der Waals surface area contributed by atoms with E-state index in [-0.39, 0.29) is 35.0 Å². The molecule has 3 N–H and O–H groups in total. The molecule has 0 aliphatic heterocycles. The van der Waals surface area contributed by atoms with Gasteiger partial charge < -0.3 is 20.2 Å². The molecule has 4 rings (SSSR count).